The Bertz CT molecular complexity index is 1400. The largest absolute Gasteiger partial charge is 0.497 e. The van der Waals surface area contributed by atoms with Gasteiger partial charge in [0.05, 0.1) is 45.4 Å². The van der Waals surface area contributed by atoms with E-state index in [9.17, 15) is 9.59 Å². The molecule has 5 unspecified atom stereocenters. The summed E-state index contributed by atoms with van der Waals surface area (Å²) in [5.41, 5.74) is 0.811. The van der Waals surface area contributed by atoms with E-state index in [4.69, 9.17) is 28.3 Å². The molecule has 4 aliphatic rings. The predicted molar refractivity (Wildman–Crippen MR) is 167 cm³/mol. The second-order valence-electron chi connectivity index (χ2n) is 14.1. The highest BCUT2D eigenvalue weighted by Crippen LogP contribution is 2.65. The van der Waals surface area contributed by atoms with Gasteiger partial charge in [0.2, 0.25) is 5.91 Å². The van der Waals surface area contributed by atoms with Crippen molar-refractivity contribution in [3.63, 3.8) is 0 Å². The lowest BCUT2D eigenvalue weighted by Gasteiger charge is -2.64. The highest BCUT2D eigenvalue weighted by atomic mass is 16.7. The third-order valence-electron chi connectivity index (χ3n) is 9.84. The molecule has 4 fully saturated rings. The minimum absolute atomic E-state index is 0.0582. The summed E-state index contributed by atoms with van der Waals surface area (Å²) < 4.78 is 35.8. The average molecular weight is 608 g/mol. The van der Waals surface area contributed by atoms with Gasteiger partial charge in [0.1, 0.15) is 28.4 Å². The molecule has 1 saturated heterocycles. The van der Waals surface area contributed by atoms with Crippen molar-refractivity contribution in [1.82, 2.24) is 5.32 Å². The number of hydrogen-bond acceptors (Lipinski definition) is 8. The van der Waals surface area contributed by atoms with Crippen LogP contribution < -0.4 is 19.5 Å². The van der Waals surface area contributed by atoms with Crippen LogP contribution in [0.3, 0.4) is 0 Å². The Morgan fingerprint density at radius 2 is 1.77 bits per heavy atom. The molecular formula is C34H46BNO8. The molecule has 10 heteroatoms. The number of carbonyl (C=O) groups is 2. The molecule has 1 aliphatic heterocycles. The second kappa shape index (κ2) is 11.9. The summed E-state index contributed by atoms with van der Waals surface area (Å²) in [6.07, 6.45) is 2.37. The molecule has 2 aromatic carbocycles. The van der Waals surface area contributed by atoms with E-state index in [-0.39, 0.29) is 23.8 Å². The van der Waals surface area contributed by atoms with Crippen molar-refractivity contribution < 1.29 is 37.8 Å². The van der Waals surface area contributed by atoms with E-state index in [2.05, 4.69) is 26.1 Å². The van der Waals surface area contributed by atoms with Crippen LogP contribution in [0.5, 0.6) is 17.2 Å². The molecule has 1 N–H and O–H groups in total. The molecule has 0 aromatic heterocycles. The van der Waals surface area contributed by atoms with Gasteiger partial charge >= 0.3 is 13.1 Å². The number of para-hydroxylation sites is 1. The van der Waals surface area contributed by atoms with E-state index < -0.39 is 30.2 Å². The third kappa shape index (κ3) is 6.03. The molecule has 5 atom stereocenters. The van der Waals surface area contributed by atoms with Gasteiger partial charge in [-0.3, -0.25) is 4.79 Å². The SMILES string of the molecule is COc1ccc(OC)c(CC(=O)NC(Cc2cccc(C(=O)OC(C)(C)C)c2OC)B2OC3CC4CC(C4(C)C)C3(C)O2)c1. The lowest BCUT2D eigenvalue weighted by molar-refractivity contribution is -0.199. The highest BCUT2D eigenvalue weighted by molar-refractivity contribution is 6.48. The van der Waals surface area contributed by atoms with E-state index in [0.29, 0.717) is 46.6 Å². The fourth-order valence-corrected chi connectivity index (χ4v) is 7.45. The van der Waals surface area contributed by atoms with E-state index in [0.717, 1.165) is 18.4 Å². The number of rotatable bonds is 10. The first-order chi connectivity index (χ1) is 20.7. The van der Waals surface area contributed by atoms with E-state index >= 15 is 0 Å². The van der Waals surface area contributed by atoms with Gasteiger partial charge in [-0.25, -0.2) is 4.79 Å². The monoisotopic (exact) mass is 607 g/mol. The van der Waals surface area contributed by atoms with Crippen LogP contribution in [-0.4, -0.2) is 63.6 Å². The van der Waals surface area contributed by atoms with Crippen molar-refractivity contribution >= 4 is 19.0 Å². The molecule has 238 valence electrons. The Hall–Kier alpha value is -3.24. The molecule has 1 amide bonds. The van der Waals surface area contributed by atoms with Crippen molar-refractivity contribution in [3.05, 3.63) is 53.1 Å². The molecule has 2 bridgehead atoms. The molecule has 3 saturated carbocycles. The van der Waals surface area contributed by atoms with Crippen molar-refractivity contribution in [1.29, 1.82) is 0 Å². The molecule has 6 rings (SSSR count). The minimum Gasteiger partial charge on any atom is -0.497 e. The first-order valence-electron chi connectivity index (χ1n) is 15.4. The molecule has 9 nitrogen and oxygen atoms in total. The Kier molecular flexibility index (Phi) is 8.72. The summed E-state index contributed by atoms with van der Waals surface area (Å²) in [6.45, 7) is 12.3. The predicted octanol–water partition coefficient (Wildman–Crippen LogP) is 5.21. The number of benzene rings is 2. The maximum Gasteiger partial charge on any atom is 0.482 e. The van der Waals surface area contributed by atoms with Crippen LogP contribution >= 0.6 is 0 Å². The Morgan fingerprint density at radius 1 is 1.02 bits per heavy atom. The summed E-state index contributed by atoms with van der Waals surface area (Å²) in [5.74, 6) is 1.33. The van der Waals surface area contributed by atoms with Crippen molar-refractivity contribution in [3.8, 4) is 17.2 Å². The Morgan fingerprint density at radius 3 is 2.41 bits per heavy atom. The summed E-state index contributed by atoms with van der Waals surface area (Å²) >= 11 is 0. The van der Waals surface area contributed by atoms with Crippen molar-refractivity contribution in [2.45, 2.75) is 90.5 Å². The second-order valence-corrected chi connectivity index (χ2v) is 14.1. The smallest absolute Gasteiger partial charge is 0.482 e. The maximum atomic E-state index is 13.7. The van der Waals surface area contributed by atoms with Gasteiger partial charge in [0.25, 0.3) is 0 Å². The first-order valence-corrected chi connectivity index (χ1v) is 15.4. The topological polar surface area (TPSA) is 102 Å². The van der Waals surface area contributed by atoms with Gasteiger partial charge in [0, 0.05) is 5.56 Å². The number of methoxy groups -OCH3 is 3. The van der Waals surface area contributed by atoms with Gasteiger partial charge in [0.15, 0.2) is 0 Å². The summed E-state index contributed by atoms with van der Waals surface area (Å²) in [7, 11) is 4.00. The van der Waals surface area contributed by atoms with Crippen LogP contribution in [0.1, 0.15) is 75.9 Å². The van der Waals surface area contributed by atoms with Gasteiger partial charge in [-0.1, -0.05) is 26.0 Å². The molecule has 1 heterocycles. The first kappa shape index (κ1) is 32.2. The summed E-state index contributed by atoms with van der Waals surface area (Å²) in [4.78, 5) is 26.8. The van der Waals surface area contributed by atoms with Gasteiger partial charge in [-0.15, -0.1) is 0 Å². The fraction of sp³-hybridized carbons (Fsp3) is 0.588. The lowest BCUT2D eigenvalue weighted by atomic mass is 9.43. The number of ether oxygens (including phenoxy) is 4. The molecule has 3 aliphatic carbocycles. The van der Waals surface area contributed by atoms with Gasteiger partial charge in [-0.2, -0.15) is 0 Å². The standard InChI is InChI=1S/C34H46BNO8/c1-32(2,3)42-31(38)24-12-10-11-20(30(24)41-9)16-28(36-29(37)17-21-15-23(39-7)13-14-25(21)40-8)35-43-27-19-22-18-26(33(22,4)5)34(27,6)44-35/h10-15,22,26-28H,16-19H2,1-9H3,(H,36,37). The van der Waals surface area contributed by atoms with Crippen LogP contribution in [0, 0.1) is 17.3 Å². The average Bonchev–Trinajstić information content (AvgIpc) is 3.32. The lowest BCUT2D eigenvalue weighted by Crippen LogP contribution is -2.65. The third-order valence-corrected chi connectivity index (χ3v) is 9.84. The number of hydrogen-bond donors (Lipinski definition) is 1. The summed E-state index contributed by atoms with van der Waals surface area (Å²) in [5, 5.41) is 3.20. The zero-order valence-corrected chi connectivity index (χ0v) is 27.4. The van der Waals surface area contributed by atoms with Gasteiger partial charge < -0.3 is 33.6 Å². The zero-order chi connectivity index (χ0) is 32.0. The van der Waals surface area contributed by atoms with Crippen molar-refractivity contribution in [2.75, 3.05) is 21.3 Å². The number of esters is 1. The summed E-state index contributed by atoms with van der Waals surface area (Å²) in [6, 6.07) is 10.8. The maximum absolute atomic E-state index is 13.7. The van der Waals surface area contributed by atoms with Crippen LogP contribution in [0.4, 0.5) is 0 Å². The Balaban J connectivity index is 1.44. The molecular weight excluding hydrogens is 561 g/mol. The fourth-order valence-electron chi connectivity index (χ4n) is 7.45. The zero-order valence-electron chi connectivity index (χ0n) is 27.4. The van der Waals surface area contributed by atoms with Crippen LogP contribution in [0.15, 0.2) is 36.4 Å². The van der Waals surface area contributed by atoms with Crippen LogP contribution in [0.25, 0.3) is 0 Å². The molecule has 0 spiro atoms. The number of carbonyl (C=O) groups excluding carboxylic acids is 2. The van der Waals surface area contributed by atoms with E-state index in [1.807, 2.05) is 26.8 Å². The molecule has 44 heavy (non-hydrogen) atoms. The number of amides is 1. The van der Waals surface area contributed by atoms with Crippen LogP contribution in [0.2, 0.25) is 0 Å². The highest BCUT2D eigenvalue weighted by Gasteiger charge is 2.68. The minimum atomic E-state index is -0.689. The Labute approximate surface area is 261 Å². The number of nitrogens with one attached hydrogen (secondary N) is 1. The molecule has 2 aromatic rings. The van der Waals surface area contributed by atoms with E-state index in [1.54, 1.807) is 44.6 Å². The molecule has 0 radical (unpaired) electrons. The van der Waals surface area contributed by atoms with Gasteiger partial charge in [-0.05, 0) is 94.0 Å². The van der Waals surface area contributed by atoms with E-state index in [1.165, 1.54) is 7.11 Å². The quantitative estimate of drug-likeness (QED) is 0.291. The van der Waals surface area contributed by atoms with Crippen molar-refractivity contribution in [2.24, 2.45) is 17.3 Å². The normalized spacial score (nSPS) is 25.8. The van der Waals surface area contributed by atoms with Crippen LogP contribution in [-0.2, 0) is 31.7 Å².